The lowest BCUT2D eigenvalue weighted by atomic mass is 9.97. The van der Waals surface area contributed by atoms with Gasteiger partial charge in [-0.1, -0.05) is 53.7 Å². The maximum atomic E-state index is 13.2. The molecule has 10 heteroatoms. The van der Waals surface area contributed by atoms with Crippen LogP contribution in [0.4, 0.5) is 0 Å². The summed E-state index contributed by atoms with van der Waals surface area (Å²) >= 11 is 1.32. The number of fused-ring (bicyclic) bond motifs is 3. The third kappa shape index (κ3) is 4.05. The minimum atomic E-state index is -0.828. The lowest BCUT2D eigenvalue weighted by molar-refractivity contribution is -0.119. The van der Waals surface area contributed by atoms with Crippen LogP contribution in [0.5, 0.6) is 0 Å². The SMILES string of the molecule is CC(=O)NC(C#N)c1cnc(-c2cccc3sc(C(=O)Cn4nnc5ccccc54)nc23)c2ccccc12. The van der Waals surface area contributed by atoms with Gasteiger partial charge >= 0.3 is 0 Å². The molecule has 3 aromatic carbocycles. The third-order valence-electron chi connectivity index (χ3n) is 6.24. The highest BCUT2D eigenvalue weighted by atomic mass is 32.1. The molecule has 0 aliphatic carbocycles. The Morgan fingerprint density at radius 3 is 2.66 bits per heavy atom. The normalized spacial score (nSPS) is 12.0. The molecule has 0 bridgehead atoms. The van der Waals surface area contributed by atoms with Crippen molar-refractivity contribution in [3.63, 3.8) is 0 Å². The van der Waals surface area contributed by atoms with E-state index in [4.69, 9.17) is 9.97 Å². The highest BCUT2D eigenvalue weighted by Gasteiger charge is 2.21. The van der Waals surface area contributed by atoms with E-state index in [2.05, 4.69) is 21.7 Å². The van der Waals surface area contributed by atoms with Crippen LogP contribution in [0.15, 0.2) is 72.9 Å². The lowest BCUT2D eigenvalue weighted by Gasteiger charge is -2.15. The van der Waals surface area contributed by atoms with Gasteiger partial charge in [0.25, 0.3) is 0 Å². The number of pyridine rings is 1. The lowest BCUT2D eigenvalue weighted by Crippen LogP contribution is -2.25. The number of Topliss-reactive ketones (excluding diaryl/α,β-unsaturated/α-hetero) is 1. The fourth-order valence-electron chi connectivity index (χ4n) is 4.54. The first-order chi connectivity index (χ1) is 18.5. The zero-order chi connectivity index (χ0) is 26.2. The van der Waals surface area contributed by atoms with Gasteiger partial charge in [-0.3, -0.25) is 14.6 Å². The van der Waals surface area contributed by atoms with Crippen molar-refractivity contribution in [2.45, 2.75) is 19.5 Å². The van der Waals surface area contributed by atoms with Crippen LogP contribution in [0.2, 0.25) is 0 Å². The van der Waals surface area contributed by atoms with Gasteiger partial charge in [0.05, 0.1) is 27.5 Å². The summed E-state index contributed by atoms with van der Waals surface area (Å²) in [5.41, 5.74) is 4.26. The molecule has 1 unspecified atom stereocenters. The monoisotopic (exact) mass is 517 g/mol. The molecule has 0 aliphatic rings. The van der Waals surface area contributed by atoms with Crippen molar-refractivity contribution in [3.8, 4) is 17.3 Å². The van der Waals surface area contributed by atoms with Gasteiger partial charge in [0.1, 0.15) is 18.1 Å². The van der Waals surface area contributed by atoms with E-state index in [1.807, 2.05) is 66.7 Å². The summed E-state index contributed by atoms with van der Waals surface area (Å²) in [6, 6.07) is 22.2. The van der Waals surface area contributed by atoms with Gasteiger partial charge in [0.2, 0.25) is 11.7 Å². The number of nitrogens with zero attached hydrogens (tertiary/aromatic N) is 6. The minimum absolute atomic E-state index is 0.0320. The zero-order valence-electron chi connectivity index (χ0n) is 20.1. The van der Waals surface area contributed by atoms with Crippen molar-refractivity contribution in [3.05, 3.63) is 83.5 Å². The zero-order valence-corrected chi connectivity index (χ0v) is 20.9. The molecule has 6 rings (SSSR count). The largest absolute Gasteiger partial charge is 0.337 e. The van der Waals surface area contributed by atoms with Crippen molar-refractivity contribution in [1.82, 2.24) is 30.3 Å². The molecule has 0 saturated heterocycles. The standard InChI is InChI=1S/C28H19N7O2S/c1-16(36)31-22(13-29)20-14-30-26(18-8-3-2-7-17(18)20)19-9-6-12-25-27(19)32-28(38-25)24(37)15-35-23-11-5-4-10-21(23)33-34-35/h2-12,14,22H,15H2,1H3,(H,31,36). The van der Waals surface area contributed by atoms with Gasteiger partial charge in [0.15, 0.2) is 5.01 Å². The Labute approximate surface area is 220 Å². The Kier molecular flexibility index (Phi) is 5.82. The molecule has 9 nitrogen and oxygen atoms in total. The van der Waals surface area contributed by atoms with E-state index >= 15 is 0 Å². The van der Waals surface area contributed by atoms with Crippen LogP contribution in [0.25, 0.3) is 43.3 Å². The molecule has 1 atom stereocenters. The third-order valence-corrected chi connectivity index (χ3v) is 7.30. The van der Waals surface area contributed by atoms with Crippen molar-refractivity contribution in [2.75, 3.05) is 0 Å². The number of hydrogen-bond acceptors (Lipinski definition) is 8. The summed E-state index contributed by atoms with van der Waals surface area (Å²) in [5, 5.41) is 22.6. The second-order valence-corrected chi connectivity index (χ2v) is 9.73. The Morgan fingerprint density at radius 1 is 1.05 bits per heavy atom. The number of aromatic nitrogens is 5. The Hall–Kier alpha value is -5.01. The highest BCUT2D eigenvalue weighted by molar-refractivity contribution is 7.20. The maximum Gasteiger partial charge on any atom is 0.218 e. The first-order valence-corrected chi connectivity index (χ1v) is 12.6. The quantitative estimate of drug-likeness (QED) is 0.313. The molecule has 1 N–H and O–H groups in total. The summed E-state index contributed by atoms with van der Waals surface area (Å²) in [6.45, 7) is 1.41. The van der Waals surface area contributed by atoms with Gasteiger partial charge in [-0.25, -0.2) is 9.67 Å². The minimum Gasteiger partial charge on any atom is -0.337 e. The number of rotatable bonds is 6. The van der Waals surface area contributed by atoms with Crippen LogP contribution in [-0.2, 0) is 11.3 Å². The van der Waals surface area contributed by atoms with E-state index in [0.29, 0.717) is 21.8 Å². The van der Waals surface area contributed by atoms with Crippen LogP contribution in [0.3, 0.4) is 0 Å². The molecule has 0 radical (unpaired) electrons. The Morgan fingerprint density at radius 2 is 1.84 bits per heavy atom. The van der Waals surface area contributed by atoms with Gasteiger partial charge < -0.3 is 5.32 Å². The van der Waals surface area contributed by atoms with E-state index in [-0.39, 0.29) is 18.2 Å². The number of nitrogens with one attached hydrogen (secondary N) is 1. The van der Waals surface area contributed by atoms with E-state index in [1.54, 1.807) is 10.9 Å². The molecule has 0 spiro atoms. The van der Waals surface area contributed by atoms with E-state index in [0.717, 1.165) is 32.1 Å². The van der Waals surface area contributed by atoms with Crippen molar-refractivity contribution in [2.24, 2.45) is 0 Å². The number of ketones is 1. The van der Waals surface area contributed by atoms with Crippen molar-refractivity contribution >= 4 is 55.0 Å². The molecule has 3 aromatic heterocycles. The van der Waals surface area contributed by atoms with Gasteiger partial charge in [-0.15, -0.1) is 16.4 Å². The van der Waals surface area contributed by atoms with Crippen molar-refractivity contribution in [1.29, 1.82) is 5.26 Å². The number of carbonyl (C=O) groups is 2. The molecule has 38 heavy (non-hydrogen) atoms. The van der Waals surface area contributed by atoms with Crippen LogP contribution in [0, 0.1) is 11.3 Å². The van der Waals surface area contributed by atoms with Gasteiger partial charge in [-0.05, 0) is 23.6 Å². The highest BCUT2D eigenvalue weighted by Crippen LogP contribution is 2.36. The summed E-state index contributed by atoms with van der Waals surface area (Å²) in [7, 11) is 0. The molecule has 6 aromatic rings. The van der Waals surface area contributed by atoms with Crippen LogP contribution in [0.1, 0.15) is 28.3 Å². The van der Waals surface area contributed by atoms with Gasteiger partial charge in [0, 0.05) is 29.6 Å². The smallest absolute Gasteiger partial charge is 0.218 e. The fourth-order valence-corrected chi connectivity index (χ4v) is 5.46. The summed E-state index contributed by atoms with van der Waals surface area (Å²) < 4.78 is 2.44. The molecular weight excluding hydrogens is 498 g/mol. The average molecular weight is 518 g/mol. The van der Waals surface area contributed by atoms with E-state index < -0.39 is 6.04 Å². The summed E-state index contributed by atoms with van der Waals surface area (Å²) in [6.07, 6.45) is 1.62. The maximum absolute atomic E-state index is 13.2. The van der Waals surface area contributed by atoms with Crippen LogP contribution < -0.4 is 5.32 Å². The average Bonchev–Trinajstić information content (AvgIpc) is 3.56. The predicted molar refractivity (Wildman–Crippen MR) is 144 cm³/mol. The van der Waals surface area contributed by atoms with Crippen molar-refractivity contribution < 1.29 is 9.59 Å². The van der Waals surface area contributed by atoms with E-state index in [1.165, 1.54) is 18.3 Å². The van der Waals surface area contributed by atoms with Crippen LogP contribution in [-0.4, -0.2) is 36.7 Å². The first-order valence-electron chi connectivity index (χ1n) is 11.8. The number of amides is 1. The Balaban J connectivity index is 1.42. The molecule has 0 aliphatic heterocycles. The fraction of sp³-hybridized carbons (Fsp3) is 0.107. The second-order valence-electron chi connectivity index (χ2n) is 8.70. The molecule has 1 amide bonds. The number of hydrogen-bond donors (Lipinski definition) is 1. The van der Waals surface area contributed by atoms with E-state index in [9.17, 15) is 14.9 Å². The molecule has 184 valence electrons. The Bertz CT molecular complexity index is 1920. The molecule has 0 saturated carbocycles. The second kappa shape index (κ2) is 9.46. The number of carbonyl (C=O) groups excluding carboxylic acids is 2. The summed E-state index contributed by atoms with van der Waals surface area (Å²) in [5.74, 6) is -0.457. The van der Waals surface area contributed by atoms with Gasteiger partial charge in [-0.2, -0.15) is 5.26 Å². The van der Waals surface area contributed by atoms with Crippen LogP contribution >= 0.6 is 11.3 Å². The number of thiazole rings is 1. The number of nitriles is 1. The number of benzene rings is 3. The topological polar surface area (TPSA) is 126 Å². The predicted octanol–water partition coefficient (Wildman–Crippen LogP) is 4.84. The molecule has 0 fully saturated rings. The summed E-state index contributed by atoms with van der Waals surface area (Å²) in [4.78, 5) is 34.3. The molecule has 3 heterocycles. The molecular formula is C28H19N7O2S. The number of para-hydroxylation sites is 2. The first kappa shape index (κ1) is 23.4.